The molecule has 0 radical (unpaired) electrons. The first-order chi connectivity index (χ1) is 9.52. The lowest BCUT2D eigenvalue weighted by molar-refractivity contribution is -0.126. The number of halogens is 1. The Bertz CT molecular complexity index is 531. The number of nitrogens with zero attached hydrogens (tertiary/aromatic N) is 1. The summed E-state index contributed by atoms with van der Waals surface area (Å²) in [5.74, 6) is -0.336. The third kappa shape index (κ3) is 3.12. The third-order valence-electron chi connectivity index (χ3n) is 3.51. The van der Waals surface area contributed by atoms with Crippen molar-refractivity contribution >= 4 is 29.1 Å². The molecule has 1 N–H and O–H groups in total. The number of amides is 2. The molecule has 0 saturated carbocycles. The summed E-state index contributed by atoms with van der Waals surface area (Å²) in [7, 11) is 0. The molecule has 1 aliphatic rings. The van der Waals surface area contributed by atoms with Crippen LogP contribution in [0.1, 0.15) is 25.3 Å². The highest BCUT2D eigenvalue weighted by molar-refractivity contribution is 6.31. The van der Waals surface area contributed by atoms with E-state index in [4.69, 9.17) is 11.6 Å². The molecule has 0 aliphatic carbocycles. The Hall–Kier alpha value is -1.55. The fraction of sp³-hybridized carbons (Fsp3) is 0.467. The van der Waals surface area contributed by atoms with Crippen molar-refractivity contribution in [3.05, 3.63) is 28.8 Å². The Kier molecular flexibility index (Phi) is 4.65. The van der Waals surface area contributed by atoms with Crippen LogP contribution in [-0.4, -0.2) is 24.9 Å². The molecule has 1 aromatic carbocycles. The Labute approximate surface area is 124 Å². The minimum Gasteiger partial charge on any atom is -0.356 e. The Balaban J connectivity index is 2.09. The first-order valence-corrected chi connectivity index (χ1v) is 7.25. The molecule has 1 heterocycles. The lowest BCUT2D eigenvalue weighted by Gasteiger charge is -2.17. The van der Waals surface area contributed by atoms with Gasteiger partial charge in [0.15, 0.2) is 0 Å². The van der Waals surface area contributed by atoms with Crippen LogP contribution in [0.25, 0.3) is 0 Å². The zero-order valence-corrected chi connectivity index (χ0v) is 12.5. The predicted octanol–water partition coefficient (Wildman–Crippen LogP) is 2.53. The molecule has 1 fully saturated rings. The van der Waals surface area contributed by atoms with E-state index in [1.165, 1.54) is 0 Å². The second-order valence-electron chi connectivity index (χ2n) is 5.13. The Morgan fingerprint density at radius 3 is 2.90 bits per heavy atom. The molecule has 0 bridgehead atoms. The van der Waals surface area contributed by atoms with Gasteiger partial charge in [-0.15, -0.1) is 0 Å². The SMILES string of the molecule is CCCNC(=O)[C@H]1CC(=O)N(c2ccc(C)c(Cl)c2)C1. The zero-order valence-electron chi connectivity index (χ0n) is 11.8. The number of carbonyl (C=O) groups excluding carboxylic acids is 2. The van der Waals surface area contributed by atoms with E-state index in [1.807, 2.05) is 26.0 Å². The first-order valence-electron chi connectivity index (χ1n) is 6.87. The molecule has 5 heteroatoms. The predicted molar refractivity (Wildman–Crippen MR) is 79.9 cm³/mol. The van der Waals surface area contributed by atoms with E-state index in [2.05, 4.69) is 5.32 Å². The highest BCUT2D eigenvalue weighted by Crippen LogP contribution is 2.28. The van der Waals surface area contributed by atoms with E-state index < -0.39 is 0 Å². The van der Waals surface area contributed by atoms with E-state index in [0.29, 0.717) is 18.1 Å². The standard InChI is InChI=1S/C15H19ClN2O2/c1-3-6-17-15(20)11-7-14(19)18(9-11)12-5-4-10(2)13(16)8-12/h4-5,8,11H,3,6-7,9H2,1-2H3,(H,17,20)/t11-/m0/s1. The molecule has 108 valence electrons. The van der Waals surface area contributed by atoms with Crippen molar-refractivity contribution in [2.75, 3.05) is 18.0 Å². The summed E-state index contributed by atoms with van der Waals surface area (Å²) in [5, 5.41) is 3.48. The summed E-state index contributed by atoms with van der Waals surface area (Å²) in [4.78, 5) is 25.6. The van der Waals surface area contributed by atoms with Gasteiger partial charge in [-0.1, -0.05) is 24.6 Å². The normalized spacial score (nSPS) is 18.4. The van der Waals surface area contributed by atoms with Crippen LogP contribution in [0.15, 0.2) is 18.2 Å². The molecule has 2 amide bonds. The fourth-order valence-corrected chi connectivity index (χ4v) is 2.45. The summed E-state index contributed by atoms with van der Waals surface area (Å²) in [6.07, 6.45) is 1.16. The number of carbonyl (C=O) groups is 2. The van der Waals surface area contributed by atoms with Gasteiger partial charge >= 0.3 is 0 Å². The van der Waals surface area contributed by atoms with Crippen LogP contribution in [0.3, 0.4) is 0 Å². The van der Waals surface area contributed by atoms with Crippen molar-refractivity contribution in [1.82, 2.24) is 5.32 Å². The molecule has 0 aromatic heterocycles. The van der Waals surface area contributed by atoms with Crippen LogP contribution in [0.2, 0.25) is 5.02 Å². The van der Waals surface area contributed by atoms with E-state index in [9.17, 15) is 9.59 Å². The molecule has 4 nitrogen and oxygen atoms in total. The second kappa shape index (κ2) is 6.27. The van der Waals surface area contributed by atoms with Crippen LogP contribution in [0.5, 0.6) is 0 Å². The van der Waals surface area contributed by atoms with Gasteiger partial charge in [-0.05, 0) is 31.0 Å². The van der Waals surface area contributed by atoms with Gasteiger partial charge in [0.25, 0.3) is 0 Å². The number of benzene rings is 1. The maximum Gasteiger partial charge on any atom is 0.227 e. The summed E-state index contributed by atoms with van der Waals surface area (Å²) < 4.78 is 0. The van der Waals surface area contributed by atoms with Crippen molar-refractivity contribution in [2.45, 2.75) is 26.7 Å². The van der Waals surface area contributed by atoms with Crippen molar-refractivity contribution in [2.24, 2.45) is 5.92 Å². The van der Waals surface area contributed by atoms with E-state index >= 15 is 0 Å². The van der Waals surface area contributed by atoms with E-state index in [0.717, 1.165) is 17.7 Å². The molecular formula is C15H19ClN2O2. The van der Waals surface area contributed by atoms with Gasteiger partial charge in [-0.25, -0.2) is 0 Å². The summed E-state index contributed by atoms with van der Waals surface area (Å²) in [5.41, 5.74) is 1.73. The maximum absolute atomic E-state index is 12.1. The van der Waals surface area contributed by atoms with Gasteiger partial charge in [0.2, 0.25) is 11.8 Å². The Morgan fingerprint density at radius 2 is 2.25 bits per heavy atom. The minimum absolute atomic E-state index is 0.0263. The molecular weight excluding hydrogens is 276 g/mol. The van der Waals surface area contributed by atoms with E-state index in [-0.39, 0.29) is 24.2 Å². The number of nitrogens with one attached hydrogen (secondary N) is 1. The third-order valence-corrected chi connectivity index (χ3v) is 3.92. The largest absolute Gasteiger partial charge is 0.356 e. The van der Waals surface area contributed by atoms with Gasteiger partial charge in [0.05, 0.1) is 5.92 Å². The number of aryl methyl sites for hydroxylation is 1. The van der Waals surface area contributed by atoms with Gasteiger partial charge in [0.1, 0.15) is 0 Å². The number of hydrogen-bond donors (Lipinski definition) is 1. The molecule has 2 rings (SSSR count). The van der Waals surface area contributed by atoms with Crippen LogP contribution in [-0.2, 0) is 9.59 Å². The number of hydrogen-bond acceptors (Lipinski definition) is 2. The highest BCUT2D eigenvalue weighted by Gasteiger charge is 2.34. The quantitative estimate of drug-likeness (QED) is 0.928. The molecule has 1 aromatic rings. The average molecular weight is 295 g/mol. The first kappa shape index (κ1) is 14.9. The summed E-state index contributed by atoms with van der Waals surface area (Å²) in [6, 6.07) is 5.53. The summed E-state index contributed by atoms with van der Waals surface area (Å²) >= 11 is 6.09. The minimum atomic E-state index is -0.269. The second-order valence-corrected chi connectivity index (χ2v) is 5.54. The highest BCUT2D eigenvalue weighted by atomic mass is 35.5. The molecule has 1 atom stereocenters. The van der Waals surface area contributed by atoms with Gasteiger partial charge in [0, 0.05) is 30.2 Å². The average Bonchev–Trinajstić information content (AvgIpc) is 2.81. The topological polar surface area (TPSA) is 49.4 Å². The van der Waals surface area contributed by atoms with Crippen LogP contribution < -0.4 is 10.2 Å². The lowest BCUT2D eigenvalue weighted by Crippen LogP contribution is -2.33. The van der Waals surface area contributed by atoms with Crippen LogP contribution in [0.4, 0.5) is 5.69 Å². The zero-order chi connectivity index (χ0) is 14.7. The maximum atomic E-state index is 12.1. The van der Waals surface area contributed by atoms with Crippen molar-refractivity contribution in [1.29, 1.82) is 0 Å². The van der Waals surface area contributed by atoms with Gasteiger partial charge in [-0.2, -0.15) is 0 Å². The number of rotatable bonds is 4. The number of anilines is 1. The molecule has 1 aliphatic heterocycles. The summed E-state index contributed by atoms with van der Waals surface area (Å²) in [6.45, 7) is 4.99. The molecule has 0 spiro atoms. The monoisotopic (exact) mass is 294 g/mol. The van der Waals surface area contributed by atoms with Gasteiger partial charge in [-0.3, -0.25) is 9.59 Å². The van der Waals surface area contributed by atoms with Crippen molar-refractivity contribution in [3.8, 4) is 0 Å². The molecule has 1 saturated heterocycles. The van der Waals surface area contributed by atoms with Crippen LogP contribution >= 0.6 is 11.6 Å². The smallest absolute Gasteiger partial charge is 0.227 e. The molecule has 20 heavy (non-hydrogen) atoms. The van der Waals surface area contributed by atoms with E-state index in [1.54, 1.807) is 11.0 Å². The van der Waals surface area contributed by atoms with Gasteiger partial charge < -0.3 is 10.2 Å². The van der Waals surface area contributed by atoms with Crippen molar-refractivity contribution < 1.29 is 9.59 Å². The molecule has 0 unspecified atom stereocenters. The van der Waals surface area contributed by atoms with Crippen molar-refractivity contribution in [3.63, 3.8) is 0 Å². The fourth-order valence-electron chi connectivity index (χ4n) is 2.27. The van der Waals surface area contributed by atoms with Crippen LogP contribution in [0, 0.1) is 12.8 Å². The Morgan fingerprint density at radius 1 is 1.50 bits per heavy atom. The lowest BCUT2D eigenvalue weighted by atomic mass is 10.1.